The van der Waals surface area contributed by atoms with Crippen molar-refractivity contribution in [3.63, 3.8) is 0 Å². The van der Waals surface area contributed by atoms with Crippen LogP contribution in [0.4, 0.5) is 0 Å². The number of hydrogen-bond acceptors (Lipinski definition) is 4. The molecule has 1 aliphatic heterocycles. The first-order valence-electron chi connectivity index (χ1n) is 8.01. The van der Waals surface area contributed by atoms with E-state index in [1.807, 2.05) is 30.3 Å². The Kier molecular flexibility index (Phi) is 4.79. The zero-order chi connectivity index (χ0) is 17.8. The average molecular weight is 338 g/mol. The number of carbonyl (C=O) groups is 2. The maximum Gasteiger partial charge on any atom is 0.303 e. The van der Waals surface area contributed by atoms with Crippen LogP contribution in [0.25, 0.3) is 0 Å². The second-order valence-electron chi connectivity index (χ2n) is 5.83. The monoisotopic (exact) mass is 338 g/mol. The van der Waals surface area contributed by atoms with Crippen molar-refractivity contribution in [3.05, 3.63) is 65.7 Å². The first kappa shape index (κ1) is 16.7. The summed E-state index contributed by atoms with van der Waals surface area (Å²) < 4.78 is 0. The Labute approximate surface area is 145 Å². The molecule has 1 heterocycles. The molecule has 1 atom stereocenters. The summed E-state index contributed by atoms with van der Waals surface area (Å²) in [6.45, 7) is 0. The molecule has 0 saturated heterocycles. The minimum Gasteiger partial charge on any atom is -0.507 e. The highest BCUT2D eigenvalue weighted by molar-refractivity contribution is 6.05. The fourth-order valence-corrected chi connectivity index (χ4v) is 2.88. The third-order valence-corrected chi connectivity index (χ3v) is 4.12. The number of hydrogen-bond donors (Lipinski definition) is 2. The summed E-state index contributed by atoms with van der Waals surface area (Å²) in [5, 5.41) is 24.6. The lowest BCUT2D eigenvalue weighted by atomic mass is 9.98. The maximum absolute atomic E-state index is 12.5. The van der Waals surface area contributed by atoms with E-state index in [-0.39, 0.29) is 30.5 Å². The summed E-state index contributed by atoms with van der Waals surface area (Å²) in [5.41, 5.74) is 2.10. The maximum atomic E-state index is 12.5. The molecule has 0 saturated carbocycles. The van der Waals surface area contributed by atoms with Crippen molar-refractivity contribution in [2.45, 2.75) is 25.3 Å². The topological polar surface area (TPSA) is 90.2 Å². The molecule has 0 aliphatic carbocycles. The van der Waals surface area contributed by atoms with Crippen LogP contribution in [-0.2, 0) is 9.59 Å². The Bertz CT molecular complexity index is 817. The number of benzene rings is 2. The number of carboxylic acid groups (broad SMARTS) is 1. The standard InChI is InChI=1S/C19H18N2O4/c22-17-9-5-4-8-14(17)15-12-16(13-6-2-1-3-7-13)21(20-15)18(23)10-11-19(24)25/h1-9,16,22H,10-12H2,(H,24,25)/t16-/m0/s1. The molecule has 0 unspecified atom stereocenters. The van der Waals surface area contributed by atoms with Gasteiger partial charge in [0.1, 0.15) is 5.75 Å². The minimum absolute atomic E-state index is 0.105. The molecule has 0 radical (unpaired) electrons. The van der Waals surface area contributed by atoms with E-state index in [1.54, 1.807) is 24.3 Å². The van der Waals surface area contributed by atoms with Crippen molar-refractivity contribution in [1.29, 1.82) is 0 Å². The summed E-state index contributed by atoms with van der Waals surface area (Å²) in [7, 11) is 0. The molecule has 2 aromatic rings. The van der Waals surface area contributed by atoms with Gasteiger partial charge in [0.05, 0.1) is 18.2 Å². The van der Waals surface area contributed by atoms with Gasteiger partial charge in [-0.15, -0.1) is 0 Å². The first-order chi connectivity index (χ1) is 12.1. The zero-order valence-electron chi connectivity index (χ0n) is 13.5. The number of aromatic hydroxyl groups is 1. The first-order valence-corrected chi connectivity index (χ1v) is 8.01. The van der Waals surface area contributed by atoms with Crippen molar-refractivity contribution < 1.29 is 19.8 Å². The summed E-state index contributed by atoms with van der Waals surface area (Å²) in [4.78, 5) is 23.2. The van der Waals surface area contributed by atoms with Crippen LogP contribution in [-0.4, -0.2) is 32.8 Å². The molecule has 0 bridgehead atoms. The third kappa shape index (κ3) is 3.68. The van der Waals surface area contributed by atoms with Gasteiger partial charge >= 0.3 is 5.97 Å². The summed E-state index contributed by atoms with van der Waals surface area (Å²) in [6.07, 6.45) is 0.106. The SMILES string of the molecule is O=C(O)CCC(=O)N1N=C(c2ccccc2O)C[C@H]1c1ccccc1. The Hall–Kier alpha value is -3.15. The quantitative estimate of drug-likeness (QED) is 0.877. The minimum atomic E-state index is -1.02. The molecule has 2 aromatic carbocycles. The van der Waals surface area contributed by atoms with Crippen LogP contribution in [0.2, 0.25) is 0 Å². The van der Waals surface area contributed by atoms with E-state index >= 15 is 0 Å². The summed E-state index contributed by atoms with van der Waals surface area (Å²) in [5.74, 6) is -1.26. The van der Waals surface area contributed by atoms with Crippen LogP contribution in [0.3, 0.4) is 0 Å². The van der Waals surface area contributed by atoms with Crippen molar-refractivity contribution in [1.82, 2.24) is 5.01 Å². The van der Waals surface area contributed by atoms with Crippen LogP contribution in [0.1, 0.15) is 36.4 Å². The van der Waals surface area contributed by atoms with E-state index < -0.39 is 5.97 Å². The molecular formula is C19H18N2O4. The van der Waals surface area contributed by atoms with Gasteiger partial charge in [-0.1, -0.05) is 42.5 Å². The molecule has 128 valence electrons. The van der Waals surface area contributed by atoms with Crippen molar-refractivity contribution in [2.24, 2.45) is 5.10 Å². The largest absolute Gasteiger partial charge is 0.507 e. The number of nitrogens with zero attached hydrogens (tertiary/aromatic N) is 2. The normalized spacial score (nSPS) is 16.6. The van der Waals surface area contributed by atoms with Crippen LogP contribution < -0.4 is 0 Å². The predicted octanol–water partition coefficient (Wildman–Crippen LogP) is 2.93. The van der Waals surface area contributed by atoms with E-state index in [4.69, 9.17) is 5.11 Å². The Morgan fingerprint density at radius 3 is 2.40 bits per heavy atom. The summed E-state index contributed by atoms with van der Waals surface area (Å²) in [6, 6.07) is 16.0. The molecule has 6 heteroatoms. The number of phenolic OH excluding ortho intramolecular Hbond substituents is 1. The number of carbonyl (C=O) groups excluding carboxylic acids is 1. The molecular weight excluding hydrogens is 320 g/mol. The smallest absolute Gasteiger partial charge is 0.303 e. The molecule has 1 amide bonds. The lowest BCUT2D eigenvalue weighted by molar-refractivity contribution is -0.141. The zero-order valence-corrected chi connectivity index (χ0v) is 13.5. The van der Waals surface area contributed by atoms with E-state index in [0.717, 1.165) is 5.56 Å². The lowest BCUT2D eigenvalue weighted by Gasteiger charge is -2.21. The summed E-state index contributed by atoms with van der Waals surface area (Å²) >= 11 is 0. The van der Waals surface area contributed by atoms with Crippen LogP contribution in [0.15, 0.2) is 59.7 Å². The van der Waals surface area contributed by atoms with Gasteiger partial charge in [-0.25, -0.2) is 5.01 Å². The van der Waals surface area contributed by atoms with Crippen LogP contribution in [0.5, 0.6) is 5.75 Å². The molecule has 0 fully saturated rings. The van der Waals surface area contributed by atoms with Crippen molar-refractivity contribution in [3.8, 4) is 5.75 Å². The number of phenols is 1. The van der Waals surface area contributed by atoms with E-state index in [9.17, 15) is 14.7 Å². The van der Waals surface area contributed by atoms with Gasteiger partial charge in [-0.05, 0) is 17.7 Å². The molecule has 6 nitrogen and oxygen atoms in total. The average Bonchev–Trinajstić information content (AvgIpc) is 3.06. The van der Waals surface area contributed by atoms with Crippen LogP contribution >= 0.6 is 0 Å². The predicted molar refractivity (Wildman–Crippen MR) is 92.2 cm³/mol. The number of carboxylic acids is 1. The number of para-hydroxylation sites is 1. The molecule has 0 aromatic heterocycles. The Balaban J connectivity index is 1.92. The fourth-order valence-electron chi connectivity index (χ4n) is 2.88. The molecule has 1 aliphatic rings. The van der Waals surface area contributed by atoms with Gasteiger partial charge < -0.3 is 10.2 Å². The fraction of sp³-hybridized carbons (Fsp3) is 0.211. The van der Waals surface area contributed by atoms with E-state index in [1.165, 1.54) is 5.01 Å². The van der Waals surface area contributed by atoms with Crippen LogP contribution in [0, 0.1) is 0 Å². The lowest BCUT2D eigenvalue weighted by Crippen LogP contribution is -2.27. The highest BCUT2D eigenvalue weighted by Gasteiger charge is 2.33. The van der Waals surface area contributed by atoms with Crippen molar-refractivity contribution >= 4 is 17.6 Å². The third-order valence-electron chi connectivity index (χ3n) is 4.12. The molecule has 25 heavy (non-hydrogen) atoms. The van der Waals surface area contributed by atoms with Gasteiger partial charge in [0.2, 0.25) is 5.91 Å². The van der Waals surface area contributed by atoms with Crippen molar-refractivity contribution in [2.75, 3.05) is 0 Å². The van der Waals surface area contributed by atoms with Gasteiger partial charge in [0.15, 0.2) is 0 Å². The van der Waals surface area contributed by atoms with Gasteiger partial charge in [0, 0.05) is 18.4 Å². The second-order valence-corrected chi connectivity index (χ2v) is 5.83. The van der Waals surface area contributed by atoms with Gasteiger partial charge in [0.25, 0.3) is 0 Å². The highest BCUT2D eigenvalue weighted by Crippen LogP contribution is 2.35. The number of aliphatic carboxylic acids is 1. The van der Waals surface area contributed by atoms with Gasteiger partial charge in [-0.3, -0.25) is 9.59 Å². The Morgan fingerprint density at radius 1 is 1.04 bits per heavy atom. The van der Waals surface area contributed by atoms with E-state index in [2.05, 4.69) is 5.10 Å². The number of hydrazone groups is 1. The number of amides is 1. The van der Waals surface area contributed by atoms with Gasteiger partial charge in [-0.2, -0.15) is 5.10 Å². The molecule has 3 rings (SSSR count). The molecule has 2 N–H and O–H groups in total. The number of rotatable bonds is 5. The highest BCUT2D eigenvalue weighted by atomic mass is 16.4. The second kappa shape index (κ2) is 7.17. The Morgan fingerprint density at radius 2 is 1.72 bits per heavy atom. The van der Waals surface area contributed by atoms with E-state index in [0.29, 0.717) is 17.7 Å². The molecule has 0 spiro atoms.